The Bertz CT molecular complexity index is 344. The van der Waals surface area contributed by atoms with Crippen LogP contribution in [0.3, 0.4) is 0 Å². The van der Waals surface area contributed by atoms with E-state index in [2.05, 4.69) is 4.65 Å². The summed E-state index contributed by atoms with van der Waals surface area (Å²) in [5, 5.41) is 8.28. The highest BCUT2D eigenvalue weighted by molar-refractivity contribution is 6.17. The molecule has 0 atom stereocenters. The van der Waals surface area contributed by atoms with Gasteiger partial charge in [0.1, 0.15) is 11.6 Å². The number of halogens is 1. The Labute approximate surface area is 64.2 Å². The lowest BCUT2D eigenvalue weighted by atomic mass is 10.3. The van der Waals surface area contributed by atoms with Crippen molar-refractivity contribution in [2.24, 2.45) is 0 Å². The molecule has 0 unspecified atom stereocenters. The molecule has 2 nitrogen and oxygen atoms in total. The van der Waals surface area contributed by atoms with E-state index in [9.17, 15) is 4.39 Å². The van der Waals surface area contributed by atoms with Crippen LogP contribution in [0.25, 0.3) is 0 Å². The van der Waals surface area contributed by atoms with Gasteiger partial charge in [0.2, 0.25) is 0 Å². The van der Waals surface area contributed by atoms with Crippen LogP contribution >= 0.6 is 0 Å². The van der Waals surface area contributed by atoms with Crippen LogP contribution in [0.4, 0.5) is 4.39 Å². The summed E-state index contributed by atoms with van der Waals surface area (Å²) in [6, 6.07) is -2.94. The van der Waals surface area contributed by atoms with Crippen LogP contribution in [0, 0.1) is 5.82 Å². The third kappa shape index (κ3) is 1.74. The van der Waals surface area contributed by atoms with E-state index in [1.165, 1.54) is 0 Å². The molecule has 1 aromatic rings. The Morgan fingerprint density at radius 1 is 1.70 bits per heavy atom. The largest absolute Gasteiger partial charge is 0.569 e. The zero-order chi connectivity index (χ0) is 10.9. The van der Waals surface area contributed by atoms with Gasteiger partial charge in [-0.3, -0.25) is 0 Å². The van der Waals surface area contributed by atoms with Gasteiger partial charge in [-0.15, -0.1) is 0 Å². The van der Waals surface area contributed by atoms with Crippen molar-refractivity contribution in [1.82, 2.24) is 0 Å². The number of rotatable bonds is 2. The van der Waals surface area contributed by atoms with E-state index in [1.807, 2.05) is 0 Å². The Morgan fingerprint density at radius 2 is 2.50 bits per heavy atom. The van der Waals surface area contributed by atoms with Crippen molar-refractivity contribution in [2.45, 2.75) is 0 Å². The molecule has 1 aromatic carbocycles. The normalized spacial score (nSPS) is 14.6. The first-order valence-corrected chi connectivity index (χ1v) is 2.39. The van der Waals surface area contributed by atoms with E-state index < -0.39 is 35.7 Å². The van der Waals surface area contributed by atoms with E-state index in [0.29, 0.717) is 0 Å². The van der Waals surface area contributed by atoms with Gasteiger partial charge >= 0.3 is 7.69 Å². The maximum Gasteiger partial charge on any atom is 0.569 e. The minimum Gasteiger partial charge on any atom is -0.537 e. The molecule has 0 aromatic heterocycles. The van der Waals surface area contributed by atoms with Gasteiger partial charge in [-0.05, 0) is 12.1 Å². The lowest BCUT2D eigenvalue weighted by Gasteiger charge is -1.98. The van der Waals surface area contributed by atoms with Crippen LogP contribution in [-0.4, -0.2) is 12.7 Å². The topological polar surface area (TPSA) is 29.5 Å². The summed E-state index contributed by atoms with van der Waals surface area (Å²) < 4.78 is 45.8. The first-order valence-electron chi connectivity index (χ1n) is 4.39. The molecule has 0 heterocycles. The molecule has 10 heavy (non-hydrogen) atoms. The van der Waals surface area contributed by atoms with Crippen molar-refractivity contribution in [3.05, 3.63) is 30.0 Å². The monoisotopic (exact) mass is 143 g/mol. The summed E-state index contributed by atoms with van der Waals surface area (Å²) in [6.45, 7) is 0. The molecule has 1 N–H and O–H groups in total. The number of hydrogen-bond donors (Lipinski definition) is 1. The van der Waals surface area contributed by atoms with E-state index in [0.717, 1.165) is 0 Å². The molecule has 1 radical (unpaired) electrons. The Kier molecular flexibility index (Phi) is 1.09. The second-order valence-corrected chi connectivity index (χ2v) is 1.37. The molecule has 4 heteroatoms. The Morgan fingerprint density at radius 3 is 3.20 bits per heavy atom. The number of hydrogen-bond acceptors (Lipinski definition) is 2. The summed E-state index contributed by atoms with van der Waals surface area (Å²) in [4.78, 5) is 0. The molecule has 1 rings (SSSR count). The standard InChI is InChI=1S/C6H5BFO2/c8-5-2-1-3-6(4-5)10-7-9/h1-4,9H/i1D,2D,3D,4D. The van der Waals surface area contributed by atoms with Crippen LogP contribution in [0.5, 0.6) is 5.75 Å². The van der Waals surface area contributed by atoms with E-state index in [-0.39, 0.29) is 7.69 Å². The van der Waals surface area contributed by atoms with Gasteiger partial charge in [0.25, 0.3) is 0 Å². The minimum absolute atomic E-state index is 0.188. The minimum atomic E-state index is -1.25. The third-order valence-electron chi connectivity index (χ3n) is 0.742. The molecule has 0 bridgehead atoms. The average molecular weight is 143 g/mol. The molecule has 0 spiro atoms. The Hall–Kier alpha value is -1.03. The average Bonchev–Trinajstić information content (AvgIpc) is 2.19. The molecule has 0 amide bonds. The molecule has 0 aliphatic rings. The van der Waals surface area contributed by atoms with Crippen LogP contribution in [-0.2, 0) is 0 Å². The fourth-order valence-electron chi connectivity index (χ4n) is 0.417. The zero-order valence-electron chi connectivity index (χ0n) is 8.81. The summed E-state index contributed by atoms with van der Waals surface area (Å²) in [6.07, 6.45) is 0. The van der Waals surface area contributed by atoms with Crippen LogP contribution in [0.2, 0.25) is 0 Å². The maximum absolute atomic E-state index is 13.0. The molecule has 0 aliphatic heterocycles. The van der Waals surface area contributed by atoms with Crippen molar-refractivity contribution >= 4 is 7.69 Å². The van der Waals surface area contributed by atoms with Gasteiger partial charge in [-0.25, -0.2) is 4.39 Å². The van der Waals surface area contributed by atoms with Gasteiger partial charge in [0.15, 0.2) is 0 Å². The smallest absolute Gasteiger partial charge is 0.537 e. The van der Waals surface area contributed by atoms with Crippen LogP contribution < -0.4 is 4.65 Å². The zero-order valence-corrected chi connectivity index (χ0v) is 4.81. The molecule has 0 saturated carbocycles. The predicted octanol–water partition coefficient (Wildman–Crippen LogP) is 0.731. The van der Waals surface area contributed by atoms with Crippen molar-refractivity contribution in [3.63, 3.8) is 0 Å². The van der Waals surface area contributed by atoms with Crippen LogP contribution in [0.1, 0.15) is 5.48 Å². The Balaban J connectivity index is 3.43. The van der Waals surface area contributed by atoms with Crippen molar-refractivity contribution in [1.29, 1.82) is 0 Å². The first-order chi connectivity index (χ1) is 6.50. The summed E-state index contributed by atoms with van der Waals surface area (Å²) in [5.74, 6) is -1.83. The second-order valence-electron chi connectivity index (χ2n) is 1.37. The SMILES string of the molecule is [2H]c1c([2H])c(F)c([2H])c(O[B]O)c1[2H]. The molecular formula is C6H5BFO2. The second kappa shape index (κ2) is 3.22. The quantitative estimate of drug-likeness (QED) is 0.618. The van der Waals surface area contributed by atoms with Crippen molar-refractivity contribution in [3.8, 4) is 5.75 Å². The lowest BCUT2D eigenvalue weighted by Crippen LogP contribution is -1.99. The van der Waals surface area contributed by atoms with Gasteiger partial charge in [-0.2, -0.15) is 0 Å². The van der Waals surface area contributed by atoms with E-state index in [4.69, 9.17) is 10.5 Å². The summed E-state index contributed by atoms with van der Waals surface area (Å²) >= 11 is 0. The highest BCUT2D eigenvalue weighted by atomic mass is 19.1. The molecule has 0 saturated heterocycles. The highest BCUT2D eigenvalue weighted by Crippen LogP contribution is 2.10. The molecule has 0 aliphatic carbocycles. The van der Waals surface area contributed by atoms with E-state index >= 15 is 0 Å². The van der Waals surface area contributed by atoms with Crippen molar-refractivity contribution < 1.29 is 19.6 Å². The van der Waals surface area contributed by atoms with Crippen molar-refractivity contribution in [2.75, 3.05) is 0 Å². The predicted molar refractivity (Wildman–Crippen MR) is 35.0 cm³/mol. The van der Waals surface area contributed by atoms with E-state index in [1.54, 1.807) is 0 Å². The third-order valence-corrected chi connectivity index (χ3v) is 0.742. The van der Waals surface area contributed by atoms with Crippen LogP contribution in [0.15, 0.2) is 24.2 Å². The summed E-state index contributed by atoms with van der Waals surface area (Å²) in [5.41, 5.74) is 0. The fourth-order valence-corrected chi connectivity index (χ4v) is 0.417. The maximum atomic E-state index is 13.0. The molecule has 51 valence electrons. The summed E-state index contributed by atoms with van der Waals surface area (Å²) in [7, 11) is 0.188. The number of benzene rings is 1. The van der Waals surface area contributed by atoms with Gasteiger partial charge < -0.3 is 9.68 Å². The molecule has 0 fully saturated rings. The fraction of sp³-hybridized carbons (Fsp3) is 0. The van der Waals surface area contributed by atoms with Gasteiger partial charge in [0.05, 0.1) is 5.48 Å². The van der Waals surface area contributed by atoms with Gasteiger partial charge in [0, 0.05) is 6.04 Å². The highest BCUT2D eigenvalue weighted by Gasteiger charge is 1.94. The molecular weight excluding hydrogens is 134 g/mol. The first kappa shape index (κ1) is 3.39. The van der Waals surface area contributed by atoms with Gasteiger partial charge in [-0.1, -0.05) is 6.04 Å². The lowest BCUT2D eigenvalue weighted by molar-refractivity contribution is 0.451.